The molecule has 0 radical (unpaired) electrons. The summed E-state index contributed by atoms with van der Waals surface area (Å²) in [4.78, 5) is 32.0. The summed E-state index contributed by atoms with van der Waals surface area (Å²) in [6.45, 7) is 2.59. The molecule has 38 heavy (non-hydrogen) atoms. The fraction of sp³-hybridized carbons (Fsp3) is 0.129. The molecular weight excluding hydrogens is 500 g/mol. The highest BCUT2D eigenvalue weighted by Crippen LogP contribution is 2.40. The molecule has 190 valence electrons. The molecule has 4 aromatic rings. The maximum atomic E-state index is 13.2. The topological polar surface area (TPSA) is 79.7 Å². The number of pyridine rings is 1. The minimum Gasteiger partial charge on any atom is -0.507 e. The van der Waals surface area contributed by atoms with Crippen molar-refractivity contribution in [1.82, 2.24) is 9.88 Å². The molecule has 6 nitrogen and oxygen atoms in total. The van der Waals surface area contributed by atoms with Gasteiger partial charge in [-0.05, 0) is 66.1 Å². The van der Waals surface area contributed by atoms with Gasteiger partial charge in [0.15, 0.2) is 0 Å². The van der Waals surface area contributed by atoms with Crippen molar-refractivity contribution in [1.29, 1.82) is 0 Å². The maximum absolute atomic E-state index is 13.2. The Balaban J connectivity index is 1.47. The Kier molecular flexibility index (Phi) is 7.24. The van der Waals surface area contributed by atoms with Crippen LogP contribution in [-0.4, -0.2) is 26.7 Å². The van der Waals surface area contributed by atoms with Crippen molar-refractivity contribution >= 4 is 29.1 Å². The van der Waals surface area contributed by atoms with E-state index in [0.717, 1.165) is 16.7 Å². The number of aliphatic hydroxyl groups excluding tert-OH is 1. The second-order valence-electron chi connectivity index (χ2n) is 9.14. The van der Waals surface area contributed by atoms with E-state index in [1.54, 1.807) is 67.0 Å². The zero-order chi connectivity index (χ0) is 26.6. The number of carbonyl (C=O) groups excluding carboxylic acids is 2. The fourth-order valence-corrected chi connectivity index (χ4v) is 4.68. The molecule has 1 aromatic heterocycles. The van der Waals surface area contributed by atoms with Crippen molar-refractivity contribution in [2.24, 2.45) is 0 Å². The Bertz CT molecular complexity index is 1500. The average molecular weight is 525 g/mol. The Morgan fingerprint density at radius 2 is 1.71 bits per heavy atom. The molecule has 0 bridgehead atoms. The molecular formula is C31H25ClN2O4. The van der Waals surface area contributed by atoms with E-state index in [1.165, 1.54) is 4.90 Å². The van der Waals surface area contributed by atoms with Gasteiger partial charge >= 0.3 is 0 Å². The van der Waals surface area contributed by atoms with Crippen LogP contribution in [0.2, 0.25) is 5.02 Å². The fourth-order valence-electron chi connectivity index (χ4n) is 4.56. The van der Waals surface area contributed by atoms with Crippen LogP contribution in [0, 0.1) is 6.92 Å². The van der Waals surface area contributed by atoms with E-state index >= 15 is 0 Å². The number of aromatic nitrogens is 1. The van der Waals surface area contributed by atoms with Crippen molar-refractivity contribution in [3.05, 3.63) is 136 Å². The van der Waals surface area contributed by atoms with Crippen LogP contribution < -0.4 is 4.74 Å². The van der Waals surface area contributed by atoms with Gasteiger partial charge in [0.25, 0.3) is 11.7 Å². The summed E-state index contributed by atoms with van der Waals surface area (Å²) in [6.07, 6.45) is 3.29. The van der Waals surface area contributed by atoms with E-state index in [0.29, 0.717) is 28.5 Å². The lowest BCUT2D eigenvalue weighted by molar-refractivity contribution is -0.140. The molecule has 0 saturated carbocycles. The number of ether oxygens (including phenoxy) is 1. The van der Waals surface area contributed by atoms with Gasteiger partial charge in [0.05, 0.1) is 11.6 Å². The summed E-state index contributed by atoms with van der Waals surface area (Å²) in [5.41, 5.74) is 4.07. The number of hydrogen-bond acceptors (Lipinski definition) is 5. The first-order chi connectivity index (χ1) is 18.4. The van der Waals surface area contributed by atoms with Crippen LogP contribution in [0.3, 0.4) is 0 Å². The number of Topliss-reactive ketones (excluding diaryl/α,β-unsaturated/α-hetero) is 1. The highest BCUT2D eigenvalue weighted by Gasteiger charge is 2.46. The second kappa shape index (κ2) is 10.9. The van der Waals surface area contributed by atoms with Gasteiger partial charge in [-0.3, -0.25) is 14.6 Å². The first kappa shape index (κ1) is 25.2. The number of benzene rings is 3. The lowest BCUT2D eigenvalue weighted by Crippen LogP contribution is -2.29. The average Bonchev–Trinajstić information content (AvgIpc) is 3.18. The molecule has 1 N–H and O–H groups in total. The number of amides is 1. The van der Waals surface area contributed by atoms with Crippen LogP contribution in [0.5, 0.6) is 5.75 Å². The predicted molar refractivity (Wildman–Crippen MR) is 145 cm³/mol. The largest absolute Gasteiger partial charge is 0.507 e. The lowest BCUT2D eigenvalue weighted by Gasteiger charge is -2.25. The van der Waals surface area contributed by atoms with Crippen LogP contribution >= 0.6 is 11.6 Å². The smallest absolute Gasteiger partial charge is 0.295 e. The van der Waals surface area contributed by atoms with Crippen molar-refractivity contribution < 1.29 is 19.4 Å². The van der Waals surface area contributed by atoms with E-state index in [4.69, 9.17) is 16.3 Å². The first-order valence-corrected chi connectivity index (χ1v) is 12.5. The van der Waals surface area contributed by atoms with Gasteiger partial charge < -0.3 is 14.7 Å². The van der Waals surface area contributed by atoms with Crippen LogP contribution in [0.4, 0.5) is 0 Å². The van der Waals surface area contributed by atoms with E-state index in [-0.39, 0.29) is 17.9 Å². The molecule has 1 saturated heterocycles. The molecule has 1 aliphatic heterocycles. The van der Waals surface area contributed by atoms with Crippen molar-refractivity contribution in [2.75, 3.05) is 0 Å². The van der Waals surface area contributed by atoms with Crippen LogP contribution in [0.25, 0.3) is 5.76 Å². The molecule has 5 rings (SSSR count). The quantitative estimate of drug-likeness (QED) is 0.176. The number of aryl methyl sites for hydroxylation is 1. The van der Waals surface area contributed by atoms with Crippen molar-refractivity contribution in [3.8, 4) is 5.75 Å². The Labute approximate surface area is 225 Å². The summed E-state index contributed by atoms with van der Waals surface area (Å²) in [5, 5.41) is 11.8. The first-order valence-electron chi connectivity index (χ1n) is 12.1. The molecule has 1 unspecified atom stereocenters. The molecule has 3 aromatic carbocycles. The molecule has 1 fully saturated rings. The third kappa shape index (κ3) is 5.31. The zero-order valence-electron chi connectivity index (χ0n) is 20.7. The second-order valence-corrected chi connectivity index (χ2v) is 9.58. The normalized spacial score (nSPS) is 16.6. The minimum absolute atomic E-state index is 0.0228. The van der Waals surface area contributed by atoms with Gasteiger partial charge in [0, 0.05) is 29.5 Å². The highest BCUT2D eigenvalue weighted by atomic mass is 35.5. The van der Waals surface area contributed by atoms with E-state index < -0.39 is 17.7 Å². The number of hydrogen-bond donors (Lipinski definition) is 1. The van der Waals surface area contributed by atoms with E-state index in [9.17, 15) is 14.7 Å². The molecule has 1 aliphatic rings. The number of rotatable bonds is 7. The van der Waals surface area contributed by atoms with Gasteiger partial charge in [0.2, 0.25) is 0 Å². The standard InChI is InChI=1S/C31H25ClN2O4/c1-20-4-2-5-21(16-20)19-38-26-13-9-24(10-14-26)29(35)27-28(23-7-11-25(32)12-8-23)34(31(37)30(27)36)18-22-6-3-15-33-17-22/h2-17,28,35H,18-19H2,1H3/b29-27-. The van der Waals surface area contributed by atoms with Crippen LogP contribution in [0.1, 0.15) is 33.9 Å². The van der Waals surface area contributed by atoms with Crippen molar-refractivity contribution in [3.63, 3.8) is 0 Å². The Morgan fingerprint density at radius 3 is 2.39 bits per heavy atom. The lowest BCUT2D eigenvalue weighted by atomic mass is 9.95. The molecule has 7 heteroatoms. The maximum Gasteiger partial charge on any atom is 0.295 e. The number of aliphatic hydroxyl groups is 1. The SMILES string of the molecule is Cc1cccc(COc2ccc(/C(O)=C3/C(=O)C(=O)N(Cc4cccnc4)C3c3ccc(Cl)cc3)cc2)c1. The number of nitrogens with zero attached hydrogens (tertiary/aromatic N) is 2. The monoisotopic (exact) mass is 524 g/mol. The zero-order valence-corrected chi connectivity index (χ0v) is 21.4. The summed E-state index contributed by atoms with van der Waals surface area (Å²) < 4.78 is 5.89. The van der Waals surface area contributed by atoms with E-state index in [2.05, 4.69) is 11.1 Å². The Morgan fingerprint density at radius 1 is 0.974 bits per heavy atom. The van der Waals surface area contributed by atoms with Gasteiger partial charge in [-0.2, -0.15) is 0 Å². The predicted octanol–water partition coefficient (Wildman–Crippen LogP) is 6.24. The number of carbonyl (C=O) groups is 2. The van der Waals surface area contributed by atoms with E-state index in [1.807, 2.05) is 31.2 Å². The van der Waals surface area contributed by atoms with Crippen molar-refractivity contribution in [2.45, 2.75) is 26.1 Å². The van der Waals surface area contributed by atoms with Crippen LogP contribution in [-0.2, 0) is 22.7 Å². The molecule has 0 spiro atoms. The molecule has 2 heterocycles. The summed E-state index contributed by atoms with van der Waals surface area (Å²) >= 11 is 6.09. The summed E-state index contributed by atoms with van der Waals surface area (Å²) in [6, 6.07) is 24.6. The van der Waals surface area contributed by atoms with Gasteiger partial charge in [-0.1, -0.05) is 59.6 Å². The molecule has 1 amide bonds. The minimum atomic E-state index is -0.787. The van der Waals surface area contributed by atoms with Gasteiger partial charge in [-0.15, -0.1) is 0 Å². The third-order valence-electron chi connectivity index (χ3n) is 6.42. The number of likely N-dealkylation sites (tertiary alicyclic amines) is 1. The summed E-state index contributed by atoms with van der Waals surface area (Å²) in [5.74, 6) is -1.06. The number of halogens is 1. The summed E-state index contributed by atoms with van der Waals surface area (Å²) in [7, 11) is 0. The molecule has 0 aliphatic carbocycles. The third-order valence-corrected chi connectivity index (χ3v) is 6.67. The van der Waals surface area contributed by atoms with Gasteiger partial charge in [0.1, 0.15) is 18.1 Å². The van der Waals surface area contributed by atoms with Crippen LogP contribution in [0.15, 0.2) is 103 Å². The number of ketones is 1. The highest BCUT2D eigenvalue weighted by molar-refractivity contribution is 6.46. The Hall–Kier alpha value is -4.42. The van der Waals surface area contributed by atoms with Gasteiger partial charge in [-0.25, -0.2) is 0 Å². The molecule has 1 atom stereocenters.